The third-order valence-electron chi connectivity index (χ3n) is 5.84. The summed E-state index contributed by atoms with van der Waals surface area (Å²) >= 11 is 1.74. The summed E-state index contributed by atoms with van der Waals surface area (Å²) in [4.78, 5) is 16.9. The van der Waals surface area contributed by atoms with E-state index in [1.54, 1.807) is 11.3 Å². The van der Waals surface area contributed by atoms with Gasteiger partial charge in [-0.15, -0.1) is 11.3 Å². The van der Waals surface area contributed by atoms with E-state index in [0.29, 0.717) is 6.04 Å². The van der Waals surface area contributed by atoms with E-state index in [-0.39, 0.29) is 0 Å². The first-order valence-corrected chi connectivity index (χ1v) is 10.7. The van der Waals surface area contributed by atoms with E-state index in [0.717, 1.165) is 44.9 Å². The number of likely N-dealkylation sites (N-methyl/N-ethyl adjacent to an activating group) is 1. The Labute approximate surface area is 164 Å². The van der Waals surface area contributed by atoms with Crippen LogP contribution in [0.2, 0.25) is 0 Å². The highest BCUT2D eigenvalue weighted by Gasteiger charge is 2.28. The summed E-state index contributed by atoms with van der Waals surface area (Å²) in [5, 5.41) is 3.26. The molecule has 1 atom stereocenters. The largest absolute Gasteiger partial charge is 0.358 e. The summed E-state index contributed by atoms with van der Waals surface area (Å²) in [5.74, 6) is 1.28. The molecule has 27 heavy (non-hydrogen) atoms. The Morgan fingerprint density at radius 3 is 2.85 bits per heavy atom. The molecule has 0 saturated carbocycles. The van der Waals surface area contributed by atoms with E-state index in [9.17, 15) is 0 Å². The van der Waals surface area contributed by atoms with Gasteiger partial charge in [-0.25, -0.2) is 9.97 Å². The number of nitrogens with zero attached hydrogens (tertiary/aromatic N) is 6. The van der Waals surface area contributed by atoms with E-state index in [1.807, 2.05) is 6.20 Å². The molecular weight excluding hydrogens is 356 g/mol. The number of fused-ring (bicyclic) bond motifs is 1. The van der Waals surface area contributed by atoms with Gasteiger partial charge in [0.1, 0.15) is 16.5 Å². The molecule has 2 fully saturated rings. The lowest BCUT2D eigenvalue weighted by Crippen LogP contribution is -2.46. The number of pyridine rings is 1. The van der Waals surface area contributed by atoms with Crippen molar-refractivity contribution in [3.63, 3.8) is 0 Å². The van der Waals surface area contributed by atoms with Crippen LogP contribution < -0.4 is 4.90 Å². The lowest BCUT2D eigenvalue weighted by atomic mass is 10.1. The Balaban J connectivity index is 1.42. The van der Waals surface area contributed by atoms with Crippen molar-refractivity contribution in [3.05, 3.63) is 46.7 Å². The zero-order chi connectivity index (χ0) is 18.2. The van der Waals surface area contributed by atoms with Crippen molar-refractivity contribution in [1.29, 1.82) is 0 Å². The van der Waals surface area contributed by atoms with E-state index in [4.69, 9.17) is 4.98 Å². The first-order chi connectivity index (χ1) is 13.3. The summed E-state index contributed by atoms with van der Waals surface area (Å²) in [5.41, 5.74) is 2.23. The zero-order valence-corrected chi connectivity index (χ0v) is 16.6. The molecule has 2 aliphatic rings. The third kappa shape index (κ3) is 3.35. The fourth-order valence-corrected chi connectivity index (χ4v) is 4.95. The number of hydrogen-bond acceptors (Lipinski definition) is 6. The molecular formula is C20H26N6S. The third-order valence-corrected chi connectivity index (χ3v) is 6.60. The molecule has 0 aromatic carbocycles. The summed E-state index contributed by atoms with van der Waals surface area (Å²) in [6.07, 6.45) is 6.73. The molecule has 5 heterocycles. The number of aromatic nitrogens is 3. The van der Waals surface area contributed by atoms with E-state index < -0.39 is 0 Å². The van der Waals surface area contributed by atoms with Crippen LogP contribution in [0, 0.1) is 0 Å². The van der Waals surface area contributed by atoms with Crippen LogP contribution in [0.5, 0.6) is 0 Å². The maximum absolute atomic E-state index is 5.01. The first kappa shape index (κ1) is 17.2. The number of piperazine rings is 1. The van der Waals surface area contributed by atoms with Crippen molar-refractivity contribution in [2.45, 2.75) is 25.4 Å². The second-order valence-electron chi connectivity index (χ2n) is 7.63. The first-order valence-electron chi connectivity index (χ1n) is 9.82. The summed E-state index contributed by atoms with van der Waals surface area (Å²) < 4.78 is 2.29. The highest BCUT2D eigenvalue weighted by atomic mass is 32.1. The maximum Gasteiger partial charge on any atom is 0.138 e. The Kier molecular flexibility index (Phi) is 4.59. The van der Waals surface area contributed by atoms with Gasteiger partial charge in [0.05, 0.1) is 18.3 Å². The van der Waals surface area contributed by atoms with Crippen molar-refractivity contribution in [1.82, 2.24) is 24.2 Å². The molecule has 0 bridgehead atoms. The Morgan fingerprint density at radius 1 is 1.15 bits per heavy atom. The van der Waals surface area contributed by atoms with Gasteiger partial charge in [0.2, 0.25) is 0 Å². The second-order valence-corrected chi connectivity index (χ2v) is 8.61. The highest BCUT2D eigenvalue weighted by Crippen LogP contribution is 2.28. The van der Waals surface area contributed by atoms with Crippen LogP contribution in [-0.2, 0) is 6.54 Å². The lowest BCUT2D eigenvalue weighted by Gasteiger charge is -2.38. The van der Waals surface area contributed by atoms with E-state index >= 15 is 0 Å². The number of anilines is 1. The lowest BCUT2D eigenvalue weighted by molar-refractivity contribution is 0.0885. The average molecular weight is 383 g/mol. The summed E-state index contributed by atoms with van der Waals surface area (Å²) in [6.45, 7) is 6.38. The Morgan fingerprint density at radius 2 is 2.04 bits per heavy atom. The number of imidazole rings is 1. The molecule has 0 amide bonds. The molecule has 7 heteroatoms. The predicted octanol–water partition coefficient (Wildman–Crippen LogP) is 2.88. The van der Waals surface area contributed by atoms with E-state index in [2.05, 4.69) is 60.9 Å². The molecule has 0 spiro atoms. The van der Waals surface area contributed by atoms with Crippen LogP contribution in [-0.4, -0.2) is 63.9 Å². The van der Waals surface area contributed by atoms with Crippen LogP contribution in [0.15, 0.2) is 36.0 Å². The van der Waals surface area contributed by atoms with Crippen molar-refractivity contribution in [3.8, 4) is 0 Å². The monoisotopic (exact) mass is 382 g/mol. The molecule has 2 saturated heterocycles. The molecule has 3 aromatic rings. The summed E-state index contributed by atoms with van der Waals surface area (Å²) in [7, 11) is 2.22. The topological polar surface area (TPSA) is 39.9 Å². The van der Waals surface area contributed by atoms with Gasteiger partial charge in [-0.1, -0.05) is 6.07 Å². The molecule has 0 aliphatic carbocycles. The Bertz CT molecular complexity index is 898. The quantitative estimate of drug-likeness (QED) is 0.694. The smallest absolute Gasteiger partial charge is 0.138 e. The maximum atomic E-state index is 5.01. The summed E-state index contributed by atoms with van der Waals surface area (Å²) in [6, 6.07) is 6.81. The van der Waals surface area contributed by atoms with Crippen LogP contribution in [0.4, 0.5) is 5.82 Å². The van der Waals surface area contributed by atoms with Crippen molar-refractivity contribution < 1.29 is 0 Å². The SMILES string of the molecule is CN1CCN(Cc2nccs2)C[C@H]1c1cn2c(N3CCCC3)cccc2n1. The fourth-order valence-electron chi connectivity index (χ4n) is 4.30. The van der Waals surface area contributed by atoms with Gasteiger partial charge < -0.3 is 4.90 Å². The molecule has 5 rings (SSSR count). The number of thiazole rings is 1. The number of hydrogen-bond donors (Lipinski definition) is 0. The molecule has 6 nitrogen and oxygen atoms in total. The van der Waals surface area contributed by atoms with Gasteiger partial charge >= 0.3 is 0 Å². The fraction of sp³-hybridized carbons (Fsp3) is 0.500. The van der Waals surface area contributed by atoms with Crippen molar-refractivity contribution >= 4 is 22.8 Å². The minimum Gasteiger partial charge on any atom is -0.358 e. The van der Waals surface area contributed by atoms with Crippen LogP contribution in [0.3, 0.4) is 0 Å². The standard InChI is InChI=1S/C20H26N6S/c1-23-10-11-24(15-19-21-7-12-27-19)14-17(23)16-13-26-18(22-16)5-4-6-20(26)25-8-2-3-9-25/h4-7,12-13,17H,2-3,8-11,14-15H2,1H3/t17-/m0/s1. The van der Waals surface area contributed by atoms with Gasteiger partial charge in [0, 0.05) is 50.5 Å². The van der Waals surface area contributed by atoms with E-state index in [1.165, 1.54) is 29.4 Å². The van der Waals surface area contributed by atoms with Crippen LogP contribution in [0.25, 0.3) is 5.65 Å². The molecule has 0 N–H and O–H groups in total. The average Bonchev–Trinajstić information content (AvgIpc) is 3.44. The van der Waals surface area contributed by atoms with Gasteiger partial charge in [0.15, 0.2) is 0 Å². The number of rotatable bonds is 4. The minimum atomic E-state index is 0.324. The normalized spacial score (nSPS) is 22.1. The van der Waals surface area contributed by atoms with Crippen LogP contribution >= 0.6 is 11.3 Å². The molecule has 0 radical (unpaired) electrons. The predicted molar refractivity (Wildman–Crippen MR) is 109 cm³/mol. The zero-order valence-electron chi connectivity index (χ0n) is 15.8. The second kappa shape index (κ2) is 7.22. The molecule has 0 unspecified atom stereocenters. The Hall–Kier alpha value is -1.96. The van der Waals surface area contributed by atoms with Crippen LogP contribution in [0.1, 0.15) is 29.6 Å². The van der Waals surface area contributed by atoms with Gasteiger partial charge in [-0.05, 0) is 32.0 Å². The molecule has 3 aromatic heterocycles. The highest BCUT2D eigenvalue weighted by molar-refractivity contribution is 7.09. The minimum absolute atomic E-state index is 0.324. The van der Waals surface area contributed by atoms with Gasteiger partial charge in [-0.2, -0.15) is 0 Å². The molecule has 2 aliphatic heterocycles. The van der Waals surface area contributed by atoms with Crippen molar-refractivity contribution in [2.75, 3.05) is 44.7 Å². The van der Waals surface area contributed by atoms with Gasteiger partial charge in [0.25, 0.3) is 0 Å². The van der Waals surface area contributed by atoms with Gasteiger partial charge in [-0.3, -0.25) is 14.2 Å². The molecule has 142 valence electrons. The van der Waals surface area contributed by atoms with Crippen molar-refractivity contribution in [2.24, 2.45) is 0 Å².